The van der Waals surface area contributed by atoms with E-state index in [1.165, 1.54) is 12.1 Å². The highest BCUT2D eigenvalue weighted by Gasteiger charge is 2.51. The molecule has 5 aromatic rings. The predicted octanol–water partition coefficient (Wildman–Crippen LogP) is 10.3. The van der Waals surface area contributed by atoms with Gasteiger partial charge >= 0.3 is 18.5 Å². The molecule has 0 aliphatic carbocycles. The Bertz CT molecular complexity index is 1750. The van der Waals surface area contributed by atoms with E-state index in [9.17, 15) is 39.5 Å². The Balaban J connectivity index is 1.99. The Morgan fingerprint density at radius 1 is 0.405 bits per heavy atom. The Morgan fingerprint density at radius 3 is 1.27 bits per heavy atom. The molecule has 0 fully saturated rings. The van der Waals surface area contributed by atoms with Gasteiger partial charge in [0.15, 0.2) is 0 Å². The van der Waals surface area contributed by atoms with Gasteiger partial charge in [0.1, 0.15) is 0 Å². The van der Waals surface area contributed by atoms with E-state index in [0.29, 0.717) is 10.8 Å². The minimum atomic E-state index is -5.88. The first-order chi connectivity index (χ1) is 17.0. The first-order valence-electron chi connectivity index (χ1n) is 11.1. The maximum atomic E-state index is 13.9. The molecule has 0 aliphatic heterocycles. The number of aryl methyl sites for hydroxylation is 2. The van der Waals surface area contributed by atoms with Gasteiger partial charge in [0, 0.05) is 0 Å². The first-order valence-corrected chi connectivity index (χ1v) is 11.1. The molecule has 9 heteroatoms. The van der Waals surface area contributed by atoms with Crippen LogP contribution < -0.4 is 0 Å². The summed E-state index contributed by atoms with van der Waals surface area (Å²) >= 11 is 0. The van der Waals surface area contributed by atoms with Crippen molar-refractivity contribution in [2.24, 2.45) is 0 Å². The van der Waals surface area contributed by atoms with Crippen LogP contribution in [-0.4, -0.2) is 0 Å². The molecule has 192 valence electrons. The van der Waals surface area contributed by atoms with Gasteiger partial charge in [0.25, 0.3) is 0 Å². The van der Waals surface area contributed by atoms with Crippen LogP contribution in [0, 0.1) is 20.8 Å². The fraction of sp³-hybridized carbons (Fsp3) is 0.214. The summed E-state index contributed by atoms with van der Waals surface area (Å²) in [7, 11) is 0. The van der Waals surface area contributed by atoms with E-state index in [0.717, 1.165) is 38.9 Å². The van der Waals surface area contributed by atoms with Crippen LogP contribution in [-0.2, 0) is 18.5 Å². The van der Waals surface area contributed by atoms with Crippen LogP contribution in [0.1, 0.15) is 33.4 Å². The van der Waals surface area contributed by atoms with Crippen molar-refractivity contribution in [1.29, 1.82) is 0 Å². The van der Waals surface area contributed by atoms with Gasteiger partial charge in [-0.25, -0.2) is 0 Å². The van der Waals surface area contributed by atoms with E-state index in [1.54, 1.807) is 12.1 Å². The number of fused-ring (bicyclic) bond motifs is 7. The third-order valence-electron chi connectivity index (χ3n) is 7.15. The van der Waals surface area contributed by atoms with Crippen molar-refractivity contribution >= 4 is 43.1 Å². The largest absolute Gasteiger partial charge is 0.417 e. The molecule has 5 rings (SSSR count). The van der Waals surface area contributed by atoms with Crippen LogP contribution >= 0.6 is 0 Å². The number of hydrogen-bond acceptors (Lipinski definition) is 0. The molecule has 0 aliphatic rings. The molecule has 0 atom stereocenters. The van der Waals surface area contributed by atoms with Gasteiger partial charge in [-0.15, -0.1) is 0 Å². The van der Waals surface area contributed by atoms with Crippen molar-refractivity contribution < 1.29 is 39.5 Å². The molecule has 0 radical (unpaired) electrons. The second-order valence-electron chi connectivity index (χ2n) is 9.19. The summed E-state index contributed by atoms with van der Waals surface area (Å²) in [6.45, 7) is 5.87. The Labute approximate surface area is 204 Å². The van der Waals surface area contributed by atoms with Gasteiger partial charge < -0.3 is 0 Å². The van der Waals surface area contributed by atoms with E-state index in [2.05, 4.69) is 0 Å². The highest BCUT2D eigenvalue weighted by molar-refractivity contribution is 6.23. The second kappa shape index (κ2) is 7.76. The smallest absolute Gasteiger partial charge is 0.166 e. The molecular weight excluding hydrogens is 507 g/mol. The molecule has 0 saturated heterocycles. The molecular formula is C28H17F9. The normalized spacial score (nSPS) is 13.4. The summed E-state index contributed by atoms with van der Waals surface area (Å²) in [6.07, 6.45) is -17.2. The number of benzene rings is 5. The number of halogens is 9. The van der Waals surface area contributed by atoms with E-state index in [-0.39, 0.29) is 11.5 Å². The van der Waals surface area contributed by atoms with Gasteiger partial charge in [-0.2, -0.15) is 39.5 Å². The molecule has 0 N–H and O–H groups in total. The predicted molar refractivity (Wildman–Crippen MR) is 126 cm³/mol. The van der Waals surface area contributed by atoms with Gasteiger partial charge in [0.05, 0.1) is 16.7 Å². The monoisotopic (exact) mass is 524 g/mol. The number of alkyl halides is 9. The van der Waals surface area contributed by atoms with E-state index in [4.69, 9.17) is 0 Å². The minimum absolute atomic E-state index is 0.00497. The third kappa shape index (κ3) is 3.78. The molecule has 0 bridgehead atoms. The van der Waals surface area contributed by atoms with Gasteiger partial charge in [-0.1, -0.05) is 42.5 Å². The average molecular weight is 524 g/mol. The lowest BCUT2D eigenvalue weighted by Crippen LogP contribution is -2.23. The van der Waals surface area contributed by atoms with Crippen molar-refractivity contribution in [1.82, 2.24) is 0 Å². The number of rotatable bonds is 0. The van der Waals surface area contributed by atoms with Gasteiger partial charge in [0.2, 0.25) is 0 Å². The number of hydrogen-bond donors (Lipinski definition) is 0. The summed E-state index contributed by atoms with van der Waals surface area (Å²) in [5.74, 6) is 0. The second-order valence-corrected chi connectivity index (χ2v) is 9.19. The van der Waals surface area contributed by atoms with Crippen LogP contribution in [0.5, 0.6) is 0 Å². The Kier molecular flexibility index (Phi) is 5.28. The lowest BCUT2D eigenvalue weighted by molar-refractivity contribution is -0.173. The summed E-state index contributed by atoms with van der Waals surface area (Å²) in [5.41, 5.74) is -4.29. The van der Waals surface area contributed by atoms with E-state index < -0.39 is 46.0 Å². The lowest BCUT2D eigenvalue weighted by Gasteiger charge is -2.23. The van der Waals surface area contributed by atoms with Crippen molar-refractivity contribution in [3.05, 3.63) is 81.9 Å². The van der Waals surface area contributed by atoms with Crippen molar-refractivity contribution in [2.45, 2.75) is 39.3 Å². The van der Waals surface area contributed by atoms with Crippen LogP contribution in [0.4, 0.5) is 39.5 Å². The van der Waals surface area contributed by atoms with Crippen LogP contribution in [0.2, 0.25) is 0 Å². The van der Waals surface area contributed by atoms with E-state index in [1.807, 2.05) is 32.9 Å². The minimum Gasteiger partial charge on any atom is -0.166 e. The highest BCUT2D eigenvalue weighted by Crippen LogP contribution is 2.51. The maximum absolute atomic E-state index is 13.9. The SMILES string of the molecule is Cc1cc2c(ccc3c2ccc2c4cc(C(F)(F)F)c(C(F)(F)F)c(C(F)(F)F)c4ccc23)c(C)c1C. The fourth-order valence-electron chi connectivity index (χ4n) is 5.25. The molecule has 0 spiro atoms. The molecule has 0 heterocycles. The lowest BCUT2D eigenvalue weighted by atomic mass is 9.87. The maximum Gasteiger partial charge on any atom is 0.417 e. The molecule has 0 nitrogen and oxygen atoms in total. The molecule has 0 aromatic heterocycles. The fourth-order valence-corrected chi connectivity index (χ4v) is 5.25. The van der Waals surface area contributed by atoms with Crippen molar-refractivity contribution in [3.8, 4) is 0 Å². The molecule has 5 aromatic carbocycles. The molecule has 0 saturated carbocycles. The van der Waals surface area contributed by atoms with Gasteiger partial charge in [-0.3, -0.25) is 0 Å². The van der Waals surface area contributed by atoms with Crippen LogP contribution in [0.15, 0.2) is 48.5 Å². The zero-order valence-electron chi connectivity index (χ0n) is 19.5. The quantitative estimate of drug-likeness (QED) is 0.140. The van der Waals surface area contributed by atoms with E-state index >= 15 is 0 Å². The summed E-state index contributed by atoms with van der Waals surface area (Å²) in [4.78, 5) is 0. The average Bonchev–Trinajstić information content (AvgIpc) is 2.78. The molecule has 0 unspecified atom stereocenters. The Hall–Kier alpha value is -3.49. The zero-order valence-corrected chi connectivity index (χ0v) is 19.5. The molecule has 37 heavy (non-hydrogen) atoms. The standard InChI is InChI=1S/C28H17F9/c1-12-10-21-15(14(3)13(12)2)4-5-16-17-8-9-20-22(19(17)7-6-18(16)21)11-23(26(29,30)31)25(28(35,36)37)24(20)27(32,33)34/h4-11H,1-3H3. The van der Waals surface area contributed by atoms with Crippen LogP contribution in [0.3, 0.4) is 0 Å². The summed E-state index contributed by atoms with van der Waals surface area (Å²) in [6, 6.07) is 10.7. The van der Waals surface area contributed by atoms with Crippen molar-refractivity contribution in [3.63, 3.8) is 0 Å². The molecule has 0 amide bonds. The third-order valence-corrected chi connectivity index (χ3v) is 7.15. The van der Waals surface area contributed by atoms with Crippen LogP contribution in [0.25, 0.3) is 43.1 Å². The zero-order chi connectivity index (χ0) is 27.2. The summed E-state index contributed by atoms with van der Waals surface area (Å²) in [5, 5.41) is 1.94. The highest BCUT2D eigenvalue weighted by atomic mass is 19.4. The summed E-state index contributed by atoms with van der Waals surface area (Å²) < 4.78 is 124. The first kappa shape index (κ1) is 25.2. The Morgan fingerprint density at radius 2 is 0.811 bits per heavy atom. The van der Waals surface area contributed by atoms with Crippen molar-refractivity contribution in [2.75, 3.05) is 0 Å². The van der Waals surface area contributed by atoms with Gasteiger partial charge in [-0.05, 0) is 86.6 Å². The topological polar surface area (TPSA) is 0 Å².